The van der Waals surface area contributed by atoms with Gasteiger partial charge in [-0.2, -0.15) is 5.10 Å². The van der Waals surface area contributed by atoms with E-state index >= 15 is 0 Å². The molecule has 1 fully saturated rings. The predicted molar refractivity (Wildman–Crippen MR) is 76.5 cm³/mol. The number of hydrogen-bond donors (Lipinski definition) is 1. The normalized spacial score (nSPS) is 17.2. The second-order valence-electron chi connectivity index (χ2n) is 5.23. The molecule has 3 heterocycles. The Bertz CT molecular complexity index is 527. The van der Waals surface area contributed by atoms with Gasteiger partial charge in [0.2, 0.25) is 0 Å². The minimum Gasteiger partial charge on any atom is -0.355 e. The lowest BCUT2D eigenvalue weighted by atomic mass is 9.93. The third-order valence-electron chi connectivity index (χ3n) is 4.02. The molecule has 1 N–H and O–H groups in total. The molecule has 1 aliphatic rings. The summed E-state index contributed by atoms with van der Waals surface area (Å²) in [5, 5.41) is 7.51. The van der Waals surface area contributed by atoms with Gasteiger partial charge in [-0.05, 0) is 44.8 Å². The number of nitrogens with zero attached hydrogens (tertiary/aromatic N) is 4. The average molecular weight is 259 g/mol. The van der Waals surface area contributed by atoms with Gasteiger partial charge < -0.3 is 10.2 Å². The molecule has 0 bridgehead atoms. The van der Waals surface area contributed by atoms with Crippen molar-refractivity contribution in [3.05, 3.63) is 24.7 Å². The van der Waals surface area contributed by atoms with Crippen molar-refractivity contribution in [2.45, 2.75) is 19.3 Å². The average Bonchev–Trinajstić information content (AvgIpc) is 2.94. The van der Waals surface area contributed by atoms with Crippen molar-refractivity contribution in [3.63, 3.8) is 0 Å². The van der Waals surface area contributed by atoms with Gasteiger partial charge in [0.05, 0.1) is 6.20 Å². The Morgan fingerprint density at radius 2 is 2.16 bits per heavy atom. The number of hydrogen-bond acceptors (Lipinski definition) is 4. The first kappa shape index (κ1) is 12.4. The van der Waals surface area contributed by atoms with E-state index < -0.39 is 0 Å². The first-order chi connectivity index (χ1) is 9.38. The fourth-order valence-electron chi connectivity index (χ4n) is 2.87. The van der Waals surface area contributed by atoms with Crippen LogP contribution in [0.15, 0.2) is 24.7 Å². The number of anilines is 1. The van der Waals surface area contributed by atoms with E-state index in [4.69, 9.17) is 0 Å². The Hall–Kier alpha value is -1.62. The number of nitrogens with one attached hydrogen (secondary N) is 1. The molecule has 0 saturated carbocycles. The zero-order chi connectivity index (χ0) is 13.1. The van der Waals surface area contributed by atoms with Gasteiger partial charge in [-0.25, -0.2) is 9.50 Å². The Labute approximate surface area is 113 Å². The summed E-state index contributed by atoms with van der Waals surface area (Å²) in [4.78, 5) is 6.94. The van der Waals surface area contributed by atoms with Gasteiger partial charge in [0.25, 0.3) is 0 Å². The molecule has 0 atom stereocenters. The van der Waals surface area contributed by atoms with Gasteiger partial charge in [0.1, 0.15) is 5.52 Å². The molecule has 5 nitrogen and oxygen atoms in total. The van der Waals surface area contributed by atoms with E-state index in [2.05, 4.69) is 20.3 Å². The van der Waals surface area contributed by atoms with Crippen molar-refractivity contribution in [2.24, 2.45) is 5.92 Å². The molecular formula is C14H21N5. The van der Waals surface area contributed by atoms with Crippen molar-refractivity contribution in [1.82, 2.24) is 19.9 Å². The van der Waals surface area contributed by atoms with Crippen LogP contribution in [-0.4, -0.2) is 41.3 Å². The summed E-state index contributed by atoms with van der Waals surface area (Å²) in [6, 6.07) is 2.04. The lowest BCUT2D eigenvalue weighted by Gasteiger charge is -2.33. The van der Waals surface area contributed by atoms with E-state index in [1.165, 1.54) is 19.3 Å². The monoisotopic (exact) mass is 259 g/mol. The molecule has 3 rings (SSSR count). The topological polar surface area (TPSA) is 45.5 Å². The summed E-state index contributed by atoms with van der Waals surface area (Å²) >= 11 is 0. The highest BCUT2D eigenvalue weighted by molar-refractivity contribution is 5.68. The van der Waals surface area contributed by atoms with Crippen LogP contribution in [0.2, 0.25) is 0 Å². The molecule has 0 unspecified atom stereocenters. The summed E-state index contributed by atoms with van der Waals surface area (Å²) in [7, 11) is 2.03. The molecule has 0 amide bonds. The molecule has 0 aromatic carbocycles. The highest BCUT2D eigenvalue weighted by Crippen LogP contribution is 2.26. The van der Waals surface area contributed by atoms with Gasteiger partial charge in [-0.3, -0.25) is 0 Å². The van der Waals surface area contributed by atoms with Crippen molar-refractivity contribution in [3.8, 4) is 0 Å². The molecule has 19 heavy (non-hydrogen) atoms. The van der Waals surface area contributed by atoms with E-state index in [0.717, 1.165) is 36.9 Å². The van der Waals surface area contributed by atoms with Crippen LogP contribution in [0, 0.1) is 5.92 Å². The van der Waals surface area contributed by atoms with Crippen molar-refractivity contribution >= 4 is 11.3 Å². The SMILES string of the molecule is CNCCC1CCN(c2nccn3nccc23)CC1. The molecule has 0 radical (unpaired) electrons. The largest absolute Gasteiger partial charge is 0.355 e. The van der Waals surface area contributed by atoms with Crippen LogP contribution in [0.25, 0.3) is 5.52 Å². The number of piperidine rings is 1. The van der Waals surface area contributed by atoms with Gasteiger partial charge in [0.15, 0.2) is 5.82 Å². The Morgan fingerprint density at radius 1 is 1.32 bits per heavy atom. The maximum absolute atomic E-state index is 4.54. The Morgan fingerprint density at radius 3 is 2.95 bits per heavy atom. The molecule has 2 aromatic rings. The number of aromatic nitrogens is 3. The molecule has 0 aliphatic carbocycles. The van der Waals surface area contributed by atoms with Crippen LogP contribution in [0.1, 0.15) is 19.3 Å². The highest BCUT2D eigenvalue weighted by Gasteiger charge is 2.21. The molecule has 1 aliphatic heterocycles. The van der Waals surface area contributed by atoms with Gasteiger partial charge >= 0.3 is 0 Å². The standard InChI is InChI=1S/C14H21N5/c1-15-6-2-12-4-9-18(10-5-12)14-13-3-7-17-19(13)11-8-16-14/h3,7-8,11-12,15H,2,4-6,9-10H2,1H3. The lowest BCUT2D eigenvalue weighted by molar-refractivity contribution is 0.377. The summed E-state index contributed by atoms with van der Waals surface area (Å²) in [6.45, 7) is 3.33. The quantitative estimate of drug-likeness (QED) is 0.905. The summed E-state index contributed by atoms with van der Waals surface area (Å²) in [5.74, 6) is 1.93. The summed E-state index contributed by atoms with van der Waals surface area (Å²) < 4.78 is 1.90. The van der Waals surface area contributed by atoms with Crippen molar-refractivity contribution in [2.75, 3.05) is 31.6 Å². The minimum absolute atomic E-state index is 0.855. The molecule has 0 spiro atoms. The molecular weight excluding hydrogens is 238 g/mol. The van der Waals surface area contributed by atoms with E-state index in [1.54, 1.807) is 0 Å². The predicted octanol–water partition coefficient (Wildman–Crippen LogP) is 1.56. The van der Waals surface area contributed by atoms with Crippen molar-refractivity contribution in [1.29, 1.82) is 0 Å². The van der Waals surface area contributed by atoms with Crippen LogP contribution < -0.4 is 10.2 Å². The number of rotatable bonds is 4. The van der Waals surface area contributed by atoms with Crippen LogP contribution in [0.3, 0.4) is 0 Å². The fraction of sp³-hybridized carbons (Fsp3) is 0.571. The molecule has 2 aromatic heterocycles. The fourth-order valence-corrected chi connectivity index (χ4v) is 2.87. The van der Waals surface area contributed by atoms with Crippen LogP contribution >= 0.6 is 0 Å². The van der Waals surface area contributed by atoms with E-state index in [-0.39, 0.29) is 0 Å². The molecule has 102 valence electrons. The van der Waals surface area contributed by atoms with E-state index in [1.807, 2.05) is 36.2 Å². The summed E-state index contributed by atoms with van der Waals surface area (Å²) in [5.41, 5.74) is 1.11. The second kappa shape index (κ2) is 5.57. The molecule has 5 heteroatoms. The number of fused-ring (bicyclic) bond motifs is 1. The lowest BCUT2D eigenvalue weighted by Crippen LogP contribution is -2.35. The van der Waals surface area contributed by atoms with E-state index in [9.17, 15) is 0 Å². The van der Waals surface area contributed by atoms with Gasteiger partial charge in [0, 0.05) is 25.5 Å². The summed E-state index contributed by atoms with van der Waals surface area (Å²) in [6.07, 6.45) is 9.38. The van der Waals surface area contributed by atoms with Gasteiger partial charge in [-0.1, -0.05) is 0 Å². The van der Waals surface area contributed by atoms with Crippen molar-refractivity contribution < 1.29 is 0 Å². The van der Waals surface area contributed by atoms with Gasteiger partial charge in [-0.15, -0.1) is 0 Å². The first-order valence-electron chi connectivity index (χ1n) is 7.06. The van der Waals surface area contributed by atoms with Crippen LogP contribution in [-0.2, 0) is 0 Å². The minimum atomic E-state index is 0.855. The second-order valence-corrected chi connectivity index (χ2v) is 5.23. The highest BCUT2D eigenvalue weighted by atomic mass is 15.3. The third kappa shape index (κ3) is 2.56. The zero-order valence-electron chi connectivity index (χ0n) is 11.4. The zero-order valence-corrected chi connectivity index (χ0v) is 11.4. The first-order valence-corrected chi connectivity index (χ1v) is 7.06. The Balaban J connectivity index is 1.69. The maximum Gasteiger partial charge on any atom is 0.154 e. The third-order valence-corrected chi connectivity index (χ3v) is 4.02. The molecule has 1 saturated heterocycles. The maximum atomic E-state index is 4.54. The Kier molecular flexibility index (Phi) is 3.64. The van der Waals surface area contributed by atoms with E-state index in [0.29, 0.717) is 0 Å². The van der Waals surface area contributed by atoms with Crippen LogP contribution in [0.4, 0.5) is 5.82 Å². The smallest absolute Gasteiger partial charge is 0.154 e. The van der Waals surface area contributed by atoms with Crippen LogP contribution in [0.5, 0.6) is 0 Å².